The van der Waals surface area contributed by atoms with Gasteiger partial charge in [0.05, 0.1) is 6.10 Å². The Morgan fingerprint density at radius 3 is 2.56 bits per heavy atom. The average molecular weight is 255 g/mol. The summed E-state index contributed by atoms with van der Waals surface area (Å²) in [5.74, 6) is 0.0783. The largest absolute Gasteiger partial charge is 0.462 e. The first-order valence-electron chi connectivity index (χ1n) is 7.31. The lowest BCUT2D eigenvalue weighted by molar-refractivity contribution is -0.152. The number of esters is 1. The van der Waals surface area contributed by atoms with Crippen LogP contribution >= 0.6 is 0 Å². The van der Waals surface area contributed by atoms with E-state index in [4.69, 9.17) is 15.2 Å². The molecule has 18 heavy (non-hydrogen) atoms. The predicted octanol–water partition coefficient (Wildman–Crippen LogP) is 2.01. The van der Waals surface area contributed by atoms with Crippen molar-refractivity contribution < 1.29 is 14.3 Å². The van der Waals surface area contributed by atoms with Gasteiger partial charge in [-0.05, 0) is 38.0 Å². The van der Waals surface area contributed by atoms with Gasteiger partial charge < -0.3 is 15.2 Å². The van der Waals surface area contributed by atoms with Crippen LogP contribution in [0.5, 0.6) is 0 Å². The van der Waals surface area contributed by atoms with Gasteiger partial charge in [-0.25, -0.2) is 0 Å². The third-order valence-corrected chi connectivity index (χ3v) is 4.12. The Balaban J connectivity index is 1.69. The van der Waals surface area contributed by atoms with Gasteiger partial charge in [0.2, 0.25) is 0 Å². The topological polar surface area (TPSA) is 61.6 Å². The molecule has 0 bridgehead atoms. The van der Waals surface area contributed by atoms with Crippen LogP contribution in [-0.4, -0.2) is 31.3 Å². The van der Waals surface area contributed by atoms with E-state index in [0.29, 0.717) is 12.5 Å². The molecule has 0 aromatic carbocycles. The molecule has 0 amide bonds. The van der Waals surface area contributed by atoms with Crippen LogP contribution in [0.1, 0.15) is 51.4 Å². The lowest BCUT2D eigenvalue weighted by Crippen LogP contribution is -2.41. The second-order valence-corrected chi connectivity index (χ2v) is 5.54. The Hall–Kier alpha value is -0.610. The van der Waals surface area contributed by atoms with E-state index in [2.05, 4.69) is 0 Å². The molecule has 1 saturated heterocycles. The molecular weight excluding hydrogens is 230 g/mol. The highest BCUT2D eigenvalue weighted by atomic mass is 16.6. The van der Waals surface area contributed by atoms with Crippen molar-refractivity contribution in [2.45, 2.75) is 63.5 Å². The minimum absolute atomic E-state index is 0.0845. The highest BCUT2D eigenvalue weighted by Gasteiger charge is 2.28. The van der Waals surface area contributed by atoms with E-state index in [1.807, 2.05) is 0 Å². The highest BCUT2D eigenvalue weighted by Crippen LogP contribution is 2.26. The Bertz CT molecular complexity index is 258. The Morgan fingerprint density at radius 1 is 1.17 bits per heavy atom. The van der Waals surface area contributed by atoms with Crippen LogP contribution in [0.4, 0.5) is 0 Å². The lowest BCUT2D eigenvalue weighted by atomic mass is 9.84. The third-order valence-electron chi connectivity index (χ3n) is 4.12. The summed E-state index contributed by atoms with van der Waals surface area (Å²) in [5, 5.41) is 0. The average Bonchev–Trinajstić information content (AvgIpc) is 2.46. The molecule has 0 aromatic heterocycles. The predicted molar refractivity (Wildman–Crippen MR) is 69.1 cm³/mol. The maximum absolute atomic E-state index is 11.9. The van der Waals surface area contributed by atoms with Crippen LogP contribution in [0.15, 0.2) is 0 Å². The molecule has 0 spiro atoms. The molecule has 1 aliphatic carbocycles. The fourth-order valence-corrected chi connectivity index (χ4v) is 2.90. The van der Waals surface area contributed by atoms with Crippen molar-refractivity contribution in [2.75, 3.05) is 13.2 Å². The Labute approximate surface area is 109 Å². The summed E-state index contributed by atoms with van der Waals surface area (Å²) in [4.78, 5) is 11.9. The molecule has 2 unspecified atom stereocenters. The zero-order chi connectivity index (χ0) is 12.8. The normalized spacial score (nSPS) is 27.7. The van der Waals surface area contributed by atoms with E-state index in [0.717, 1.165) is 38.7 Å². The first kappa shape index (κ1) is 13.8. The van der Waals surface area contributed by atoms with Crippen molar-refractivity contribution in [2.24, 2.45) is 11.7 Å². The van der Waals surface area contributed by atoms with Gasteiger partial charge >= 0.3 is 5.97 Å². The van der Waals surface area contributed by atoms with E-state index in [1.54, 1.807) is 0 Å². The quantitative estimate of drug-likeness (QED) is 0.781. The summed E-state index contributed by atoms with van der Waals surface area (Å²) in [5.41, 5.74) is 5.99. The summed E-state index contributed by atoms with van der Waals surface area (Å²) < 4.78 is 10.8. The van der Waals surface area contributed by atoms with Gasteiger partial charge in [0, 0.05) is 6.61 Å². The zero-order valence-electron chi connectivity index (χ0n) is 11.1. The Morgan fingerprint density at radius 2 is 1.89 bits per heavy atom. The van der Waals surface area contributed by atoms with Crippen LogP contribution in [0, 0.1) is 5.92 Å². The second kappa shape index (κ2) is 7.10. The number of ether oxygens (including phenoxy) is 2. The van der Waals surface area contributed by atoms with Crippen molar-refractivity contribution in [3.8, 4) is 0 Å². The molecule has 0 aromatic rings. The van der Waals surface area contributed by atoms with Gasteiger partial charge in [0.1, 0.15) is 12.6 Å². The summed E-state index contributed by atoms with van der Waals surface area (Å²) in [6.07, 6.45) is 9.14. The highest BCUT2D eigenvalue weighted by molar-refractivity contribution is 5.75. The number of carbonyl (C=O) groups is 1. The molecule has 2 aliphatic rings. The number of hydrogen-bond donors (Lipinski definition) is 1. The summed E-state index contributed by atoms with van der Waals surface area (Å²) in [7, 11) is 0. The standard InChI is InChI=1S/C14H25NO3/c15-13(11-6-2-1-3-7-11)14(16)18-10-12-8-4-5-9-17-12/h11-13H,1-10,15H2. The maximum Gasteiger partial charge on any atom is 0.323 e. The lowest BCUT2D eigenvalue weighted by Gasteiger charge is -2.27. The number of rotatable bonds is 4. The van der Waals surface area contributed by atoms with Crippen LogP contribution in [0.25, 0.3) is 0 Å². The van der Waals surface area contributed by atoms with Crippen LogP contribution in [0.3, 0.4) is 0 Å². The SMILES string of the molecule is NC(C(=O)OCC1CCCCO1)C1CCCCC1. The molecule has 2 rings (SSSR count). The van der Waals surface area contributed by atoms with E-state index >= 15 is 0 Å². The molecule has 1 aliphatic heterocycles. The fraction of sp³-hybridized carbons (Fsp3) is 0.929. The van der Waals surface area contributed by atoms with Gasteiger partial charge in [0.15, 0.2) is 0 Å². The molecular formula is C14H25NO3. The molecule has 0 radical (unpaired) electrons. The molecule has 4 heteroatoms. The van der Waals surface area contributed by atoms with Crippen LogP contribution in [-0.2, 0) is 14.3 Å². The van der Waals surface area contributed by atoms with E-state index in [9.17, 15) is 4.79 Å². The van der Waals surface area contributed by atoms with Gasteiger partial charge in [-0.1, -0.05) is 19.3 Å². The van der Waals surface area contributed by atoms with Gasteiger partial charge in [-0.2, -0.15) is 0 Å². The minimum atomic E-state index is -0.436. The number of nitrogens with two attached hydrogens (primary N) is 1. The smallest absolute Gasteiger partial charge is 0.323 e. The third kappa shape index (κ3) is 3.95. The molecule has 2 atom stereocenters. The first-order valence-corrected chi connectivity index (χ1v) is 7.31. The summed E-state index contributed by atoms with van der Waals surface area (Å²) in [6, 6.07) is -0.436. The monoisotopic (exact) mass is 255 g/mol. The number of carbonyl (C=O) groups excluding carboxylic acids is 1. The number of hydrogen-bond acceptors (Lipinski definition) is 4. The molecule has 104 valence electrons. The van der Waals surface area contributed by atoms with E-state index < -0.39 is 6.04 Å². The van der Waals surface area contributed by atoms with E-state index in [-0.39, 0.29) is 12.1 Å². The zero-order valence-corrected chi connectivity index (χ0v) is 11.1. The van der Waals surface area contributed by atoms with Crippen LogP contribution in [0.2, 0.25) is 0 Å². The molecule has 1 heterocycles. The van der Waals surface area contributed by atoms with Gasteiger partial charge in [0.25, 0.3) is 0 Å². The molecule has 2 N–H and O–H groups in total. The van der Waals surface area contributed by atoms with Crippen LogP contribution < -0.4 is 5.73 Å². The maximum atomic E-state index is 11.9. The molecule has 1 saturated carbocycles. The second-order valence-electron chi connectivity index (χ2n) is 5.54. The fourth-order valence-electron chi connectivity index (χ4n) is 2.90. The minimum Gasteiger partial charge on any atom is -0.462 e. The van der Waals surface area contributed by atoms with Crippen molar-refractivity contribution in [3.05, 3.63) is 0 Å². The van der Waals surface area contributed by atoms with Crippen molar-refractivity contribution >= 4 is 5.97 Å². The summed E-state index contributed by atoms with van der Waals surface area (Å²) in [6.45, 7) is 1.16. The molecule has 2 fully saturated rings. The Kier molecular flexibility index (Phi) is 5.45. The van der Waals surface area contributed by atoms with Crippen molar-refractivity contribution in [3.63, 3.8) is 0 Å². The van der Waals surface area contributed by atoms with E-state index in [1.165, 1.54) is 19.3 Å². The summed E-state index contributed by atoms with van der Waals surface area (Å²) >= 11 is 0. The van der Waals surface area contributed by atoms with Gasteiger partial charge in [-0.15, -0.1) is 0 Å². The molecule has 4 nitrogen and oxygen atoms in total. The van der Waals surface area contributed by atoms with Crippen molar-refractivity contribution in [1.29, 1.82) is 0 Å². The van der Waals surface area contributed by atoms with Gasteiger partial charge in [-0.3, -0.25) is 4.79 Å². The van der Waals surface area contributed by atoms with Crippen molar-refractivity contribution in [1.82, 2.24) is 0 Å². The first-order chi connectivity index (χ1) is 8.77.